The minimum atomic E-state index is -0.537. The lowest BCUT2D eigenvalue weighted by atomic mass is 10.4. The molecule has 0 aromatic rings. The molecule has 0 amide bonds. The molecule has 0 saturated carbocycles. The normalized spacial score (nSPS) is 9.62. The van der Waals surface area contributed by atoms with Gasteiger partial charge in [0, 0.05) is 0 Å². The van der Waals surface area contributed by atoms with E-state index in [1.165, 1.54) is 0 Å². The van der Waals surface area contributed by atoms with Gasteiger partial charge in [-0.1, -0.05) is 0 Å². The van der Waals surface area contributed by atoms with E-state index < -0.39 is 12.4 Å². The highest BCUT2D eigenvalue weighted by Gasteiger charge is 1.86. The van der Waals surface area contributed by atoms with Crippen LogP contribution < -0.4 is 0 Å². The van der Waals surface area contributed by atoms with E-state index >= 15 is 0 Å². The van der Waals surface area contributed by atoms with Crippen LogP contribution >= 0.6 is 0 Å². The number of hydrogen-bond donors (Lipinski definition) is 1. The maximum Gasteiger partial charge on any atom is 0.181 e. The van der Waals surface area contributed by atoms with Crippen LogP contribution in [-0.4, -0.2) is 23.8 Å². The lowest BCUT2D eigenvalue weighted by Gasteiger charge is -1.78. The molecule has 0 aliphatic heterocycles. The summed E-state index contributed by atoms with van der Waals surface area (Å²) in [5.41, 5.74) is 0. The summed E-state index contributed by atoms with van der Waals surface area (Å²) in [5.74, 6) is -0.461. The quantitative estimate of drug-likeness (QED) is 0.390. The van der Waals surface area contributed by atoms with Crippen molar-refractivity contribution in [2.24, 2.45) is 0 Å². The molecule has 0 unspecified atom stereocenters. The van der Waals surface area contributed by atoms with Crippen LogP contribution in [0.1, 0.15) is 0 Å². The van der Waals surface area contributed by atoms with Crippen molar-refractivity contribution < 1.29 is 14.7 Å². The van der Waals surface area contributed by atoms with Crippen LogP contribution in [-0.2, 0) is 9.59 Å². The second-order valence-electron chi connectivity index (χ2n) is 1.12. The van der Waals surface area contributed by atoms with Gasteiger partial charge in [-0.05, 0) is 12.2 Å². The first-order chi connectivity index (χ1) is 3.81. The minimum absolute atomic E-state index is 0.461. The maximum atomic E-state index is 10.1. The lowest BCUT2D eigenvalue weighted by Crippen LogP contribution is -1.97. The fourth-order valence-corrected chi connectivity index (χ4v) is 0.199. The first kappa shape index (κ1) is 7.04. The largest absolute Gasteiger partial charge is 0.388 e. The van der Waals surface area contributed by atoms with Gasteiger partial charge in [0.2, 0.25) is 0 Å². The molecule has 0 fully saturated rings. The number of rotatable bonds is 3. The highest BCUT2D eigenvalue weighted by atomic mass is 16.3. The number of carbonyl (C=O) groups excluding carboxylic acids is 2. The third-order valence-electron chi connectivity index (χ3n) is 0.517. The molecule has 8 heavy (non-hydrogen) atoms. The summed E-state index contributed by atoms with van der Waals surface area (Å²) >= 11 is 0. The molecule has 0 aliphatic carbocycles. The summed E-state index contributed by atoms with van der Waals surface area (Å²) in [6.07, 6.45) is 2.54. The minimum Gasteiger partial charge on any atom is -0.388 e. The predicted octanol–water partition coefficient (Wildman–Crippen LogP) is -0.697. The third-order valence-corrected chi connectivity index (χ3v) is 0.517. The van der Waals surface area contributed by atoms with Gasteiger partial charge in [0.1, 0.15) is 12.9 Å². The van der Waals surface area contributed by atoms with Crippen LogP contribution in [0.4, 0.5) is 0 Å². The number of ketones is 1. The number of aliphatic hydroxyl groups excluding tert-OH is 1. The fourth-order valence-electron chi connectivity index (χ4n) is 0.199. The summed E-state index contributed by atoms with van der Waals surface area (Å²) in [6, 6.07) is 0. The van der Waals surface area contributed by atoms with Crippen LogP contribution in [0.5, 0.6) is 0 Å². The second-order valence-corrected chi connectivity index (χ2v) is 1.12. The van der Waals surface area contributed by atoms with Crippen molar-refractivity contribution >= 4 is 12.1 Å². The molecule has 0 saturated heterocycles. The van der Waals surface area contributed by atoms with Crippen LogP contribution in [0.3, 0.4) is 0 Å². The van der Waals surface area contributed by atoms with Gasteiger partial charge in [0.15, 0.2) is 5.78 Å². The summed E-state index contributed by atoms with van der Waals surface area (Å²) in [5, 5.41) is 8.04. The van der Waals surface area contributed by atoms with Gasteiger partial charge in [-0.25, -0.2) is 0 Å². The van der Waals surface area contributed by atoms with Crippen molar-refractivity contribution in [3.05, 3.63) is 12.2 Å². The molecule has 0 atom stereocenters. The topological polar surface area (TPSA) is 54.4 Å². The van der Waals surface area contributed by atoms with E-state index in [1.807, 2.05) is 0 Å². The Morgan fingerprint density at radius 1 is 1.62 bits per heavy atom. The molecule has 0 rings (SSSR count). The summed E-state index contributed by atoms with van der Waals surface area (Å²) in [4.78, 5) is 19.6. The van der Waals surface area contributed by atoms with Crippen molar-refractivity contribution in [2.75, 3.05) is 6.61 Å². The average Bonchev–Trinajstić information content (AvgIpc) is 1.83. The summed E-state index contributed by atoms with van der Waals surface area (Å²) in [6.45, 7) is -0.537. The summed E-state index contributed by atoms with van der Waals surface area (Å²) < 4.78 is 0. The van der Waals surface area contributed by atoms with E-state index in [-0.39, 0.29) is 0 Å². The first-order valence-corrected chi connectivity index (χ1v) is 2.06. The van der Waals surface area contributed by atoms with E-state index in [4.69, 9.17) is 5.11 Å². The van der Waals surface area contributed by atoms with Gasteiger partial charge in [0.05, 0.1) is 0 Å². The highest BCUT2D eigenvalue weighted by Crippen LogP contribution is 1.70. The van der Waals surface area contributed by atoms with Crippen molar-refractivity contribution in [2.45, 2.75) is 0 Å². The molecule has 44 valence electrons. The number of allylic oxidation sites excluding steroid dienone is 1. The Kier molecular flexibility index (Phi) is 3.70. The number of aliphatic hydroxyl groups is 1. The van der Waals surface area contributed by atoms with E-state index in [9.17, 15) is 9.59 Å². The zero-order chi connectivity index (χ0) is 6.41. The SMILES string of the molecule is O=C/C=C\C(=O)CO. The molecule has 0 bridgehead atoms. The van der Waals surface area contributed by atoms with Crippen LogP contribution in [0.2, 0.25) is 0 Å². The van der Waals surface area contributed by atoms with Crippen molar-refractivity contribution in [3.63, 3.8) is 0 Å². The Bertz CT molecular complexity index is 115. The van der Waals surface area contributed by atoms with Crippen molar-refractivity contribution in [1.82, 2.24) is 0 Å². The van der Waals surface area contributed by atoms with Gasteiger partial charge >= 0.3 is 0 Å². The monoisotopic (exact) mass is 114 g/mol. The Morgan fingerprint density at radius 2 is 2.25 bits per heavy atom. The van der Waals surface area contributed by atoms with Crippen LogP contribution in [0.25, 0.3) is 0 Å². The smallest absolute Gasteiger partial charge is 0.181 e. The molecule has 3 heteroatoms. The molecule has 0 spiro atoms. The molecule has 0 aromatic heterocycles. The Labute approximate surface area is 46.6 Å². The molecule has 0 aliphatic rings. The average molecular weight is 114 g/mol. The second kappa shape index (κ2) is 4.21. The fraction of sp³-hybridized carbons (Fsp3) is 0.200. The zero-order valence-corrected chi connectivity index (χ0v) is 4.20. The Morgan fingerprint density at radius 3 is 2.62 bits per heavy atom. The third kappa shape index (κ3) is 3.24. The van der Waals surface area contributed by atoms with Crippen molar-refractivity contribution in [3.8, 4) is 0 Å². The Balaban J connectivity index is 3.52. The standard InChI is InChI=1S/C5H6O3/c6-3-1-2-5(8)4-7/h1-3,7H,4H2/b2-1-. The molecular weight excluding hydrogens is 108 g/mol. The van der Waals surface area contributed by atoms with Gasteiger partial charge in [-0.3, -0.25) is 9.59 Å². The van der Waals surface area contributed by atoms with Crippen LogP contribution in [0, 0.1) is 0 Å². The van der Waals surface area contributed by atoms with E-state index in [0.29, 0.717) is 6.29 Å². The molecule has 0 heterocycles. The number of carbonyl (C=O) groups is 2. The summed E-state index contributed by atoms with van der Waals surface area (Å²) in [7, 11) is 0. The molecule has 0 radical (unpaired) electrons. The van der Waals surface area contributed by atoms with E-state index in [2.05, 4.69) is 0 Å². The molecule has 1 N–H and O–H groups in total. The van der Waals surface area contributed by atoms with E-state index in [0.717, 1.165) is 12.2 Å². The van der Waals surface area contributed by atoms with Crippen LogP contribution in [0.15, 0.2) is 12.2 Å². The molecule has 3 nitrogen and oxygen atoms in total. The number of aldehydes is 1. The first-order valence-electron chi connectivity index (χ1n) is 2.06. The van der Waals surface area contributed by atoms with Gasteiger partial charge in [-0.2, -0.15) is 0 Å². The highest BCUT2D eigenvalue weighted by molar-refractivity contribution is 5.93. The maximum absolute atomic E-state index is 10.1. The van der Waals surface area contributed by atoms with Gasteiger partial charge < -0.3 is 5.11 Å². The number of hydrogen-bond acceptors (Lipinski definition) is 3. The lowest BCUT2D eigenvalue weighted by molar-refractivity contribution is -0.117. The van der Waals surface area contributed by atoms with Gasteiger partial charge in [-0.15, -0.1) is 0 Å². The van der Waals surface area contributed by atoms with Gasteiger partial charge in [0.25, 0.3) is 0 Å². The Hall–Kier alpha value is -0.960. The molecule has 0 aromatic carbocycles. The predicted molar refractivity (Wildman–Crippen MR) is 27.3 cm³/mol. The van der Waals surface area contributed by atoms with E-state index in [1.54, 1.807) is 0 Å². The van der Waals surface area contributed by atoms with Crippen molar-refractivity contribution in [1.29, 1.82) is 0 Å². The zero-order valence-electron chi connectivity index (χ0n) is 4.20. The molecular formula is C5H6O3.